The van der Waals surface area contributed by atoms with Crippen molar-refractivity contribution in [3.63, 3.8) is 0 Å². The first-order chi connectivity index (χ1) is 12.8. The van der Waals surface area contributed by atoms with E-state index in [9.17, 15) is 9.59 Å². The van der Waals surface area contributed by atoms with Crippen LogP contribution in [0.5, 0.6) is 23.0 Å². The third kappa shape index (κ3) is 4.44. The van der Waals surface area contributed by atoms with Crippen LogP contribution in [-0.2, 0) is 9.59 Å². The van der Waals surface area contributed by atoms with Crippen molar-refractivity contribution >= 4 is 11.9 Å². The normalized spacial score (nSPS) is 10.1. The third-order valence-electron chi connectivity index (χ3n) is 4.35. The average molecular weight is 366 g/mol. The number of hydrogen-bond donors (Lipinski definition) is 0. The van der Waals surface area contributed by atoms with Gasteiger partial charge in [-0.05, 0) is 74.2 Å². The summed E-state index contributed by atoms with van der Waals surface area (Å²) in [6.45, 7) is 14.3. The van der Waals surface area contributed by atoms with E-state index < -0.39 is 11.9 Å². The molecule has 0 amide bonds. The molecule has 0 unspecified atom stereocenters. The molecule has 27 heavy (non-hydrogen) atoms. The van der Waals surface area contributed by atoms with Crippen molar-refractivity contribution in [1.82, 2.24) is 0 Å². The van der Waals surface area contributed by atoms with Gasteiger partial charge in [-0.25, -0.2) is 9.59 Å². The molecule has 0 aliphatic heterocycles. The third-order valence-corrected chi connectivity index (χ3v) is 4.35. The average Bonchev–Trinajstić information content (AvgIpc) is 2.66. The fraction of sp³-hybridized carbons (Fsp3) is 0.182. The van der Waals surface area contributed by atoms with Gasteiger partial charge in [0, 0.05) is 12.2 Å². The highest BCUT2D eigenvalue weighted by atomic mass is 16.5. The minimum absolute atomic E-state index is 0.462. The molecule has 0 fully saturated rings. The van der Waals surface area contributed by atoms with E-state index >= 15 is 0 Å². The number of hydrogen-bond acceptors (Lipinski definition) is 5. The Labute approximate surface area is 158 Å². The monoisotopic (exact) mass is 366 g/mol. The Bertz CT molecular complexity index is 849. The first-order valence-corrected chi connectivity index (χ1v) is 8.35. The van der Waals surface area contributed by atoms with Crippen molar-refractivity contribution in [3.8, 4) is 23.0 Å². The van der Waals surface area contributed by atoms with E-state index in [1.54, 1.807) is 24.3 Å². The Balaban J connectivity index is 2.32. The van der Waals surface area contributed by atoms with E-state index in [4.69, 9.17) is 14.2 Å². The summed E-state index contributed by atoms with van der Waals surface area (Å²) in [5.74, 6) is 1.19. The molecule has 0 saturated carbocycles. The maximum Gasteiger partial charge on any atom is 0.335 e. The molecule has 140 valence electrons. The van der Waals surface area contributed by atoms with Crippen LogP contribution in [-0.4, -0.2) is 11.9 Å². The number of ether oxygens (including phenoxy) is 3. The lowest BCUT2D eigenvalue weighted by Crippen LogP contribution is -2.06. The predicted molar refractivity (Wildman–Crippen MR) is 104 cm³/mol. The predicted octanol–water partition coefficient (Wildman–Crippen LogP) is 4.90. The highest BCUT2D eigenvalue weighted by Crippen LogP contribution is 2.36. The number of rotatable bonds is 6. The van der Waals surface area contributed by atoms with E-state index in [-0.39, 0.29) is 0 Å². The molecule has 5 heteroatoms. The van der Waals surface area contributed by atoms with Crippen LogP contribution in [0.3, 0.4) is 0 Å². The highest BCUT2D eigenvalue weighted by Gasteiger charge is 2.14. The van der Waals surface area contributed by atoms with Crippen molar-refractivity contribution in [3.05, 3.63) is 71.8 Å². The van der Waals surface area contributed by atoms with Crippen LogP contribution < -0.4 is 14.2 Å². The van der Waals surface area contributed by atoms with Crippen molar-refractivity contribution in [2.45, 2.75) is 27.7 Å². The zero-order chi connectivity index (χ0) is 20.1. The molecule has 0 atom stereocenters. The van der Waals surface area contributed by atoms with Crippen molar-refractivity contribution in [2.75, 3.05) is 0 Å². The lowest BCUT2D eigenvalue weighted by molar-refractivity contribution is -0.129. The van der Waals surface area contributed by atoms with Crippen LogP contribution in [0.4, 0.5) is 0 Å². The van der Waals surface area contributed by atoms with Gasteiger partial charge in [0.1, 0.15) is 23.0 Å². The molecule has 0 saturated heterocycles. The van der Waals surface area contributed by atoms with Gasteiger partial charge in [0.05, 0.1) is 0 Å². The summed E-state index contributed by atoms with van der Waals surface area (Å²) in [6, 6.07) is 6.85. The molecule has 0 aliphatic carbocycles. The Morgan fingerprint density at radius 1 is 0.667 bits per heavy atom. The number of carbonyl (C=O) groups excluding carboxylic acids is 2. The van der Waals surface area contributed by atoms with Crippen molar-refractivity contribution in [2.24, 2.45) is 0 Å². The van der Waals surface area contributed by atoms with Crippen LogP contribution in [0.2, 0.25) is 0 Å². The Morgan fingerprint density at radius 3 is 1.30 bits per heavy atom. The quantitative estimate of drug-likeness (QED) is 0.414. The molecule has 0 heterocycles. The summed E-state index contributed by atoms with van der Waals surface area (Å²) in [6.07, 6.45) is 2.23. The lowest BCUT2D eigenvalue weighted by atomic mass is 10.1. The summed E-state index contributed by atoms with van der Waals surface area (Å²) in [5.41, 5.74) is 3.30. The molecule has 2 rings (SSSR count). The van der Waals surface area contributed by atoms with Gasteiger partial charge in [0.25, 0.3) is 0 Å². The van der Waals surface area contributed by atoms with Crippen molar-refractivity contribution < 1.29 is 23.8 Å². The number of esters is 2. The maximum atomic E-state index is 11.4. The molecule has 0 N–H and O–H groups in total. The molecule has 0 bridgehead atoms. The second kappa shape index (κ2) is 8.36. The molecule has 0 radical (unpaired) electrons. The SMILES string of the molecule is C=CC(=O)Oc1ccc(Oc2ccc(OC(=O)C=C)c(C)c2C)c(C)c1C. The molecular formula is C22H22O5. The number of benzene rings is 2. The summed E-state index contributed by atoms with van der Waals surface area (Å²) >= 11 is 0. The van der Waals surface area contributed by atoms with Crippen molar-refractivity contribution in [1.29, 1.82) is 0 Å². The fourth-order valence-corrected chi connectivity index (χ4v) is 2.40. The molecular weight excluding hydrogens is 344 g/mol. The summed E-state index contributed by atoms with van der Waals surface area (Å²) < 4.78 is 16.5. The largest absolute Gasteiger partial charge is 0.457 e. The highest BCUT2D eigenvalue weighted by molar-refractivity contribution is 5.84. The Kier molecular flexibility index (Phi) is 6.19. The van der Waals surface area contributed by atoms with Gasteiger partial charge in [-0.1, -0.05) is 13.2 Å². The van der Waals surface area contributed by atoms with Gasteiger partial charge in [-0.15, -0.1) is 0 Å². The Hall–Kier alpha value is -3.34. The van der Waals surface area contributed by atoms with Crippen LogP contribution in [0, 0.1) is 27.7 Å². The maximum absolute atomic E-state index is 11.4. The zero-order valence-corrected chi connectivity index (χ0v) is 15.9. The molecule has 5 nitrogen and oxygen atoms in total. The van der Waals surface area contributed by atoms with Crippen LogP contribution >= 0.6 is 0 Å². The molecule has 0 spiro atoms. The van der Waals surface area contributed by atoms with E-state index in [1.807, 2.05) is 27.7 Å². The van der Waals surface area contributed by atoms with E-state index in [2.05, 4.69) is 13.2 Å². The summed E-state index contributed by atoms with van der Waals surface area (Å²) in [5, 5.41) is 0. The zero-order valence-electron chi connectivity index (χ0n) is 15.9. The van der Waals surface area contributed by atoms with Gasteiger partial charge in [0.15, 0.2) is 0 Å². The van der Waals surface area contributed by atoms with Crippen LogP contribution in [0.25, 0.3) is 0 Å². The standard InChI is InChI=1S/C22H22O5/c1-7-21(23)26-19-11-9-17(13(3)15(19)5)25-18-10-12-20(16(6)14(18)4)27-22(24)8-2/h7-12H,1-2H2,3-6H3. The van der Waals surface area contributed by atoms with Gasteiger partial charge in [-0.3, -0.25) is 0 Å². The first kappa shape index (κ1) is 20.0. The van der Waals surface area contributed by atoms with Crippen LogP contribution in [0.15, 0.2) is 49.6 Å². The minimum atomic E-state index is -0.512. The smallest absolute Gasteiger partial charge is 0.335 e. The van der Waals surface area contributed by atoms with E-state index in [0.717, 1.165) is 34.4 Å². The fourth-order valence-electron chi connectivity index (χ4n) is 2.40. The van der Waals surface area contributed by atoms with Crippen LogP contribution in [0.1, 0.15) is 22.3 Å². The minimum Gasteiger partial charge on any atom is -0.457 e. The van der Waals surface area contributed by atoms with Gasteiger partial charge in [-0.2, -0.15) is 0 Å². The van der Waals surface area contributed by atoms with Gasteiger partial charge < -0.3 is 14.2 Å². The first-order valence-electron chi connectivity index (χ1n) is 8.35. The van der Waals surface area contributed by atoms with Gasteiger partial charge in [0.2, 0.25) is 0 Å². The summed E-state index contributed by atoms with van der Waals surface area (Å²) in [4.78, 5) is 22.8. The number of carbonyl (C=O) groups is 2. The second-order valence-electron chi connectivity index (χ2n) is 5.98. The molecule has 2 aromatic rings. The Morgan fingerprint density at radius 2 is 0.963 bits per heavy atom. The molecule has 2 aromatic carbocycles. The van der Waals surface area contributed by atoms with Gasteiger partial charge >= 0.3 is 11.9 Å². The van der Waals surface area contributed by atoms with E-state index in [0.29, 0.717) is 23.0 Å². The van der Waals surface area contributed by atoms with E-state index in [1.165, 1.54) is 0 Å². The second-order valence-corrected chi connectivity index (χ2v) is 5.98. The topological polar surface area (TPSA) is 61.8 Å². The molecule has 0 aromatic heterocycles. The lowest BCUT2D eigenvalue weighted by Gasteiger charge is -2.17. The molecule has 0 aliphatic rings. The summed E-state index contributed by atoms with van der Waals surface area (Å²) in [7, 11) is 0.